The summed E-state index contributed by atoms with van der Waals surface area (Å²) in [6, 6.07) is 14.8. The van der Waals surface area contributed by atoms with E-state index in [4.69, 9.17) is 4.98 Å². The first kappa shape index (κ1) is 15.1. The molecule has 0 aliphatic heterocycles. The maximum Gasteiger partial charge on any atom is 0.101 e. The van der Waals surface area contributed by atoms with E-state index in [9.17, 15) is 0 Å². The molecular weight excluding hydrogens is 290 g/mol. The molecule has 0 bridgehead atoms. The third kappa shape index (κ3) is 3.34. The first-order valence-corrected chi connectivity index (χ1v) is 8.74. The van der Waals surface area contributed by atoms with Gasteiger partial charge in [0.05, 0.1) is 5.52 Å². The van der Waals surface area contributed by atoms with Gasteiger partial charge in [0.1, 0.15) is 5.03 Å². The van der Waals surface area contributed by atoms with Crippen LogP contribution in [0.3, 0.4) is 0 Å². The Balaban J connectivity index is 1.66. The number of thioether (sulfide) groups is 1. The van der Waals surface area contributed by atoms with Crippen LogP contribution in [-0.2, 0) is 20.0 Å². The molecule has 3 aromatic rings. The second-order valence-electron chi connectivity index (χ2n) is 5.39. The minimum atomic E-state index is 0.860. The molecule has 1 N–H and O–H groups in total. The lowest BCUT2D eigenvalue weighted by atomic mass is 10.1. The standard InChI is InChI=1S/C18H21N3S/c1-21-11-5-7-16(21)9-10-19-13-15-12-14-6-3-4-8-17(14)20-18(15)22-2/h3-8,11-12,19H,9-10,13H2,1-2H3. The van der Waals surface area contributed by atoms with Crippen LogP contribution in [0.4, 0.5) is 0 Å². The number of hydrogen-bond acceptors (Lipinski definition) is 3. The van der Waals surface area contributed by atoms with Crippen molar-refractivity contribution in [3.05, 3.63) is 59.9 Å². The van der Waals surface area contributed by atoms with Crippen LogP contribution >= 0.6 is 11.8 Å². The Kier molecular flexibility index (Phi) is 4.80. The zero-order valence-electron chi connectivity index (χ0n) is 13.0. The Morgan fingerprint density at radius 1 is 1.18 bits per heavy atom. The number of pyridine rings is 1. The molecule has 0 atom stereocenters. The Labute approximate surface area is 135 Å². The topological polar surface area (TPSA) is 29.9 Å². The molecule has 3 rings (SSSR count). The van der Waals surface area contributed by atoms with Crippen molar-refractivity contribution in [3.63, 3.8) is 0 Å². The Bertz CT molecular complexity index is 764. The normalized spacial score (nSPS) is 11.2. The zero-order valence-corrected chi connectivity index (χ0v) is 13.9. The number of rotatable bonds is 6. The number of aryl methyl sites for hydroxylation is 1. The molecule has 0 amide bonds. The van der Waals surface area contributed by atoms with Crippen LogP contribution in [0, 0.1) is 0 Å². The molecule has 0 spiro atoms. The summed E-state index contributed by atoms with van der Waals surface area (Å²) in [4.78, 5) is 4.76. The molecule has 4 heteroatoms. The van der Waals surface area contributed by atoms with Crippen molar-refractivity contribution >= 4 is 22.7 Å². The Morgan fingerprint density at radius 3 is 2.82 bits per heavy atom. The van der Waals surface area contributed by atoms with Crippen LogP contribution in [0.15, 0.2) is 53.7 Å². The molecule has 0 fully saturated rings. The molecule has 0 saturated heterocycles. The molecule has 0 unspecified atom stereocenters. The van der Waals surface area contributed by atoms with Crippen molar-refractivity contribution in [2.45, 2.75) is 18.0 Å². The molecule has 22 heavy (non-hydrogen) atoms. The fourth-order valence-electron chi connectivity index (χ4n) is 2.64. The molecular formula is C18H21N3S. The van der Waals surface area contributed by atoms with Gasteiger partial charge in [0.15, 0.2) is 0 Å². The van der Waals surface area contributed by atoms with Crippen molar-refractivity contribution in [2.24, 2.45) is 7.05 Å². The van der Waals surface area contributed by atoms with Crippen LogP contribution in [0.25, 0.3) is 10.9 Å². The summed E-state index contributed by atoms with van der Waals surface area (Å²) >= 11 is 1.71. The molecule has 0 aliphatic rings. The molecule has 0 aliphatic carbocycles. The Morgan fingerprint density at radius 2 is 2.05 bits per heavy atom. The van der Waals surface area contributed by atoms with Gasteiger partial charge in [-0.1, -0.05) is 18.2 Å². The van der Waals surface area contributed by atoms with E-state index in [0.29, 0.717) is 0 Å². The van der Waals surface area contributed by atoms with Gasteiger partial charge in [-0.25, -0.2) is 4.98 Å². The van der Waals surface area contributed by atoms with Gasteiger partial charge in [0.2, 0.25) is 0 Å². The van der Waals surface area contributed by atoms with Gasteiger partial charge in [0, 0.05) is 43.8 Å². The zero-order chi connectivity index (χ0) is 15.4. The molecule has 2 aromatic heterocycles. The largest absolute Gasteiger partial charge is 0.354 e. The number of nitrogens with one attached hydrogen (secondary N) is 1. The predicted molar refractivity (Wildman–Crippen MR) is 94.3 cm³/mol. The van der Waals surface area contributed by atoms with E-state index in [1.165, 1.54) is 16.6 Å². The molecule has 3 nitrogen and oxygen atoms in total. The molecule has 114 valence electrons. The van der Waals surface area contributed by atoms with Gasteiger partial charge >= 0.3 is 0 Å². The monoisotopic (exact) mass is 311 g/mol. The van der Waals surface area contributed by atoms with Crippen molar-refractivity contribution in [1.82, 2.24) is 14.9 Å². The minimum Gasteiger partial charge on any atom is -0.354 e. The summed E-state index contributed by atoms with van der Waals surface area (Å²) in [5.41, 5.74) is 3.70. The van der Waals surface area contributed by atoms with Crippen molar-refractivity contribution in [3.8, 4) is 0 Å². The van der Waals surface area contributed by atoms with Gasteiger partial charge in [0.25, 0.3) is 0 Å². The van der Waals surface area contributed by atoms with E-state index in [1.807, 2.05) is 6.07 Å². The van der Waals surface area contributed by atoms with Crippen molar-refractivity contribution in [1.29, 1.82) is 0 Å². The van der Waals surface area contributed by atoms with E-state index in [-0.39, 0.29) is 0 Å². The van der Waals surface area contributed by atoms with E-state index in [2.05, 4.69) is 65.8 Å². The van der Waals surface area contributed by atoms with Crippen LogP contribution in [0.5, 0.6) is 0 Å². The minimum absolute atomic E-state index is 0.860. The highest BCUT2D eigenvalue weighted by molar-refractivity contribution is 7.98. The lowest BCUT2D eigenvalue weighted by Gasteiger charge is -2.10. The second kappa shape index (κ2) is 6.99. The Hall–Kier alpha value is -1.78. The SMILES string of the molecule is CSc1nc2ccccc2cc1CNCCc1cccn1C. The number of fused-ring (bicyclic) bond motifs is 1. The van der Waals surface area contributed by atoms with Gasteiger partial charge in [-0.3, -0.25) is 0 Å². The number of para-hydroxylation sites is 1. The fraction of sp³-hybridized carbons (Fsp3) is 0.278. The highest BCUT2D eigenvalue weighted by atomic mass is 32.2. The maximum atomic E-state index is 4.76. The smallest absolute Gasteiger partial charge is 0.101 e. The molecule has 2 heterocycles. The molecule has 1 aromatic carbocycles. The first-order chi connectivity index (χ1) is 10.8. The number of nitrogens with zero attached hydrogens (tertiary/aromatic N) is 2. The highest BCUT2D eigenvalue weighted by Gasteiger charge is 2.06. The van der Waals surface area contributed by atoms with Crippen LogP contribution < -0.4 is 5.32 Å². The third-order valence-corrected chi connectivity index (χ3v) is 4.62. The average Bonchev–Trinajstić information content (AvgIpc) is 2.96. The highest BCUT2D eigenvalue weighted by Crippen LogP contribution is 2.23. The lowest BCUT2D eigenvalue weighted by Crippen LogP contribution is -2.18. The summed E-state index contributed by atoms with van der Waals surface area (Å²) in [5.74, 6) is 0. The van der Waals surface area contributed by atoms with Gasteiger partial charge in [-0.2, -0.15) is 0 Å². The fourth-order valence-corrected chi connectivity index (χ4v) is 3.22. The van der Waals surface area contributed by atoms with E-state index in [0.717, 1.165) is 30.1 Å². The van der Waals surface area contributed by atoms with Crippen LogP contribution in [-0.4, -0.2) is 22.4 Å². The van der Waals surface area contributed by atoms with E-state index < -0.39 is 0 Å². The van der Waals surface area contributed by atoms with E-state index in [1.54, 1.807) is 11.8 Å². The summed E-state index contributed by atoms with van der Waals surface area (Å²) in [6.07, 6.45) is 5.22. The number of aromatic nitrogens is 2. The quantitative estimate of drug-likeness (QED) is 0.557. The van der Waals surface area contributed by atoms with Gasteiger partial charge < -0.3 is 9.88 Å². The third-order valence-electron chi connectivity index (χ3n) is 3.88. The molecule has 0 radical (unpaired) electrons. The van der Waals surface area contributed by atoms with Crippen LogP contribution in [0.1, 0.15) is 11.3 Å². The summed E-state index contributed by atoms with van der Waals surface area (Å²) in [7, 11) is 2.09. The summed E-state index contributed by atoms with van der Waals surface area (Å²) < 4.78 is 2.17. The summed E-state index contributed by atoms with van der Waals surface area (Å²) in [5, 5.41) is 5.86. The van der Waals surface area contributed by atoms with E-state index >= 15 is 0 Å². The average molecular weight is 311 g/mol. The lowest BCUT2D eigenvalue weighted by molar-refractivity contribution is 0.658. The van der Waals surface area contributed by atoms with Crippen LogP contribution in [0.2, 0.25) is 0 Å². The summed E-state index contributed by atoms with van der Waals surface area (Å²) in [6.45, 7) is 1.83. The number of hydrogen-bond donors (Lipinski definition) is 1. The molecule has 0 saturated carbocycles. The predicted octanol–water partition coefficient (Wildman–Crippen LogP) is 3.63. The van der Waals surface area contributed by atoms with Gasteiger partial charge in [-0.05, 0) is 36.1 Å². The maximum absolute atomic E-state index is 4.76. The van der Waals surface area contributed by atoms with Crippen molar-refractivity contribution in [2.75, 3.05) is 12.8 Å². The first-order valence-electron chi connectivity index (χ1n) is 7.51. The van der Waals surface area contributed by atoms with Gasteiger partial charge in [-0.15, -0.1) is 11.8 Å². The number of benzene rings is 1. The second-order valence-corrected chi connectivity index (χ2v) is 6.18. The van der Waals surface area contributed by atoms with Crippen molar-refractivity contribution < 1.29 is 0 Å².